The van der Waals surface area contributed by atoms with Gasteiger partial charge < -0.3 is 5.32 Å². The molecule has 0 unspecified atom stereocenters. The number of nitrogens with one attached hydrogen (secondary N) is 1. The van der Waals surface area contributed by atoms with Crippen LogP contribution >= 0.6 is 0 Å². The molecule has 0 heterocycles. The van der Waals surface area contributed by atoms with Gasteiger partial charge in [-0.1, -0.05) is 31.9 Å². The molecule has 0 saturated carbocycles. The van der Waals surface area contributed by atoms with Crippen LogP contribution in [0.5, 0.6) is 0 Å². The Morgan fingerprint density at radius 1 is 1.20 bits per heavy atom. The second kappa shape index (κ2) is 8.50. The third-order valence-electron chi connectivity index (χ3n) is 2.75. The number of carbonyl (C=O) groups excluding carboxylic acids is 1. The average molecular weight is 267 g/mol. The number of nitrogens with zero attached hydrogens (tertiary/aromatic N) is 2. The summed E-state index contributed by atoms with van der Waals surface area (Å²) in [6, 6.07) is 10.7. The highest BCUT2D eigenvalue weighted by Crippen LogP contribution is 2.13. The van der Waals surface area contributed by atoms with Crippen LogP contribution < -0.4 is 5.32 Å². The van der Waals surface area contributed by atoms with Crippen LogP contribution in [0.2, 0.25) is 0 Å². The second-order valence-corrected chi connectivity index (χ2v) is 4.41. The maximum Gasteiger partial charge on any atom is 0.224 e. The van der Waals surface area contributed by atoms with Gasteiger partial charge in [0.1, 0.15) is 17.7 Å². The molecular weight excluding hydrogens is 250 g/mol. The highest BCUT2D eigenvalue weighted by molar-refractivity contribution is 5.90. The molecule has 4 nitrogen and oxygen atoms in total. The molecule has 0 spiro atoms. The van der Waals surface area contributed by atoms with Crippen LogP contribution in [0.15, 0.2) is 29.8 Å². The van der Waals surface area contributed by atoms with Crippen LogP contribution in [-0.2, 0) is 4.79 Å². The Morgan fingerprint density at radius 3 is 2.40 bits per heavy atom. The smallest absolute Gasteiger partial charge is 0.224 e. The molecule has 0 aromatic heterocycles. The summed E-state index contributed by atoms with van der Waals surface area (Å²) < 4.78 is 0. The number of hydrogen-bond donors (Lipinski definition) is 1. The molecule has 1 aromatic carbocycles. The van der Waals surface area contributed by atoms with E-state index in [2.05, 4.69) is 12.2 Å². The Morgan fingerprint density at radius 2 is 1.85 bits per heavy atom. The summed E-state index contributed by atoms with van der Waals surface area (Å²) in [5.74, 6) is 0.0106. The van der Waals surface area contributed by atoms with Gasteiger partial charge in [0.25, 0.3) is 0 Å². The summed E-state index contributed by atoms with van der Waals surface area (Å²) in [5, 5.41) is 20.2. The molecule has 0 fully saturated rings. The Hall–Kier alpha value is -2.59. The molecule has 1 aromatic rings. The molecule has 0 aliphatic heterocycles. The first-order valence-corrected chi connectivity index (χ1v) is 6.61. The van der Waals surface area contributed by atoms with Crippen LogP contribution in [0.3, 0.4) is 0 Å². The molecule has 0 saturated heterocycles. The molecular formula is C16H17N3O. The van der Waals surface area contributed by atoms with Gasteiger partial charge in [-0.05, 0) is 30.2 Å². The molecule has 4 heteroatoms. The Labute approximate surface area is 119 Å². The van der Waals surface area contributed by atoms with E-state index in [1.54, 1.807) is 36.4 Å². The topological polar surface area (TPSA) is 76.7 Å². The molecule has 0 radical (unpaired) electrons. The minimum atomic E-state index is 0.0106. The van der Waals surface area contributed by atoms with Crippen LogP contribution in [0.25, 0.3) is 6.08 Å². The van der Waals surface area contributed by atoms with Gasteiger partial charge in [-0.15, -0.1) is 0 Å². The fourth-order valence-electron chi connectivity index (χ4n) is 1.68. The number of carbonyl (C=O) groups is 1. The van der Waals surface area contributed by atoms with Crippen LogP contribution in [0.1, 0.15) is 38.2 Å². The predicted octanol–water partition coefficient (Wildman–Crippen LogP) is 3.64. The summed E-state index contributed by atoms with van der Waals surface area (Å²) in [6.07, 6.45) is 5.09. The largest absolute Gasteiger partial charge is 0.326 e. The third kappa shape index (κ3) is 5.37. The van der Waals surface area contributed by atoms with E-state index in [0.717, 1.165) is 30.5 Å². The van der Waals surface area contributed by atoms with Crippen molar-refractivity contribution in [1.82, 2.24) is 0 Å². The summed E-state index contributed by atoms with van der Waals surface area (Å²) in [4.78, 5) is 11.6. The molecule has 0 bridgehead atoms. The van der Waals surface area contributed by atoms with Crippen molar-refractivity contribution in [2.45, 2.75) is 32.6 Å². The number of benzene rings is 1. The van der Waals surface area contributed by atoms with Crippen LogP contribution in [-0.4, -0.2) is 5.91 Å². The summed E-state index contributed by atoms with van der Waals surface area (Å²) in [5.41, 5.74) is 1.53. The standard InChI is InChI=1S/C16H17N3O/c1-2-3-4-5-16(20)19-15-8-6-13(7-9-15)10-14(11-17)12-18/h6-10H,2-5H2,1H3,(H,19,20). The molecule has 20 heavy (non-hydrogen) atoms. The van der Waals surface area contributed by atoms with Crippen molar-refractivity contribution >= 4 is 17.7 Å². The molecule has 102 valence electrons. The third-order valence-corrected chi connectivity index (χ3v) is 2.75. The maximum absolute atomic E-state index is 11.6. The monoisotopic (exact) mass is 267 g/mol. The summed E-state index contributed by atoms with van der Waals surface area (Å²) in [7, 11) is 0. The minimum absolute atomic E-state index is 0.0106. The van der Waals surface area contributed by atoms with Gasteiger partial charge in [-0.25, -0.2) is 0 Å². The van der Waals surface area contributed by atoms with Gasteiger partial charge in [-0.3, -0.25) is 4.79 Å². The van der Waals surface area contributed by atoms with Gasteiger partial charge in [-0.2, -0.15) is 10.5 Å². The molecule has 1 rings (SSSR count). The lowest BCUT2D eigenvalue weighted by Gasteiger charge is -2.05. The SMILES string of the molecule is CCCCCC(=O)Nc1ccc(C=C(C#N)C#N)cc1. The first kappa shape index (κ1) is 15.5. The normalized spacial score (nSPS) is 9.15. The van der Waals surface area contributed by atoms with Gasteiger partial charge in [0.05, 0.1) is 0 Å². The van der Waals surface area contributed by atoms with Crippen molar-refractivity contribution < 1.29 is 4.79 Å². The van der Waals surface area contributed by atoms with E-state index >= 15 is 0 Å². The number of allylic oxidation sites excluding steroid dienone is 1. The van der Waals surface area contributed by atoms with Crippen LogP contribution in [0.4, 0.5) is 5.69 Å². The number of hydrogen-bond acceptors (Lipinski definition) is 3. The van der Waals surface area contributed by atoms with E-state index in [4.69, 9.17) is 10.5 Å². The molecule has 1 N–H and O–H groups in total. The van der Waals surface area contributed by atoms with Gasteiger partial charge in [0.15, 0.2) is 0 Å². The van der Waals surface area contributed by atoms with Gasteiger partial charge in [0, 0.05) is 12.1 Å². The number of amides is 1. The van der Waals surface area contributed by atoms with Gasteiger partial charge >= 0.3 is 0 Å². The Balaban J connectivity index is 2.60. The number of unbranched alkanes of at least 4 members (excludes halogenated alkanes) is 2. The molecule has 0 aliphatic rings. The van der Waals surface area contributed by atoms with E-state index in [1.807, 2.05) is 0 Å². The maximum atomic E-state index is 11.6. The number of nitriles is 2. The van der Waals surface area contributed by atoms with Crippen LogP contribution in [0, 0.1) is 22.7 Å². The Kier molecular flexibility index (Phi) is 6.57. The van der Waals surface area contributed by atoms with Gasteiger partial charge in [0.2, 0.25) is 5.91 Å². The van der Waals surface area contributed by atoms with Crippen molar-refractivity contribution in [1.29, 1.82) is 10.5 Å². The zero-order valence-electron chi connectivity index (χ0n) is 11.5. The lowest BCUT2D eigenvalue weighted by atomic mass is 10.1. The number of rotatable bonds is 6. The van der Waals surface area contributed by atoms with E-state index in [9.17, 15) is 4.79 Å². The molecule has 0 atom stereocenters. The first-order valence-electron chi connectivity index (χ1n) is 6.61. The van der Waals surface area contributed by atoms with Crippen molar-refractivity contribution in [2.24, 2.45) is 0 Å². The van der Waals surface area contributed by atoms with E-state index in [-0.39, 0.29) is 11.5 Å². The summed E-state index contributed by atoms with van der Waals surface area (Å²) in [6.45, 7) is 2.10. The predicted molar refractivity (Wildman–Crippen MR) is 78.4 cm³/mol. The highest BCUT2D eigenvalue weighted by Gasteiger charge is 2.02. The molecule has 0 aliphatic carbocycles. The zero-order valence-corrected chi connectivity index (χ0v) is 11.5. The van der Waals surface area contributed by atoms with E-state index in [1.165, 1.54) is 6.08 Å². The lowest BCUT2D eigenvalue weighted by molar-refractivity contribution is -0.116. The summed E-state index contributed by atoms with van der Waals surface area (Å²) >= 11 is 0. The van der Waals surface area contributed by atoms with Crippen molar-refractivity contribution in [3.63, 3.8) is 0 Å². The lowest BCUT2D eigenvalue weighted by Crippen LogP contribution is -2.10. The molecule has 1 amide bonds. The first-order chi connectivity index (χ1) is 9.69. The quantitative estimate of drug-likeness (QED) is 0.631. The minimum Gasteiger partial charge on any atom is -0.326 e. The fraction of sp³-hybridized carbons (Fsp3) is 0.312. The van der Waals surface area contributed by atoms with Crippen molar-refractivity contribution in [3.8, 4) is 12.1 Å². The van der Waals surface area contributed by atoms with Crippen molar-refractivity contribution in [2.75, 3.05) is 5.32 Å². The van der Waals surface area contributed by atoms with Crippen molar-refractivity contribution in [3.05, 3.63) is 35.4 Å². The zero-order chi connectivity index (χ0) is 14.8. The average Bonchev–Trinajstić information content (AvgIpc) is 2.46. The highest BCUT2D eigenvalue weighted by atomic mass is 16.1. The van der Waals surface area contributed by atoms with E-state index < -0.39 is 0 Å². The second-order valence-electron chi connectivity index (χ2n) is 4.41. The van der Waals surface area contributed by atoms with E-state index in [0.29, 0.717) is 6.42 Å². The number of anilines is 1. The Bertz CT molecular complexity index is 543. The fourth-order valence-corrected chi connectivity index (χ4v) is 1.68.